The Kier molecular flexibility index (Phi) is 7.02. The molecule has 1 atom stereocenters. The van der Waals surface area contributed by atoms with Crippen molar-refractivity contribution in [2.75, 3.05) is 11.9 Å². The average molecular weight is 294 g/mol. The van der Waals surface area contributed by atoms with Crippen LogP contribution in [0.1, 0.15) is 34.1 Å². The van der Waals surface area contributed by atoms with Crippen molar-refractivity contribution >= 4 is 11.7 Å². The van der Waals surface area contributed by atoms with Crippen molar-refractivity contribution in [1.82, 2.24) is 5.32 Å². The molecule has 0 saturated heterocycles. The van der Waals surface area contributed by atoms with Crippen LogP contribution < -0.4 is 15.4 Å². The molecule has 0 aliphatic carbocycles. The lowest BCUT2D eigenvalue weighted by atomic mass is 10.0. The van der Waals surface area contributed by atoms with Gasteiger partial charge < -0.3 is 20.5 Å². The lowest BCUT2D eigenvalue weighted by molar-refractivity contribution is 0.117. The van der Waals surface area contributed by atoms with E-state index in [2.05, 4.69) is 10.6 Å². The molecule has 1 unspecified atom stereocenters. The zero-order chi connectivity index (χ0) is 15.8. The van der Waals surface area contributed by atoms with E-state index in [9.17, 15) is 9.90 Å². The number of rotatable bonds is 7. The highest BCUT2D eigenvalue weighted by molar-refractivity contribution is 5.90. The Morgan fingerprint density at radius 3 is 2.52 bits per heavy atom. The molecule has 0 fully saturated rings. The molecular formula is C16H26N2O3. The molecule has 1 rings (SSSR count). The molecule has 21 heavy (non-hydrogen) atoms. The summed E-state index contributed by atoms with van der Waals surface area (Å²) in [5.74, 6) is 0.833. The monoisotopic (exact) mass is 294 g/mol. The number of urea groups is 1. The number of hydrogen-bond donors (Lipinski definition) is 3. The van der Waals surface area contributed by atoms with Crippen molar-refractivity contribution in [1.29, 1.82) is 0 Å². The molecular weight excluding hydrogens is 268 g/mol. The second-order valence-electron chi connectivity index (χ2n) is 5.64. The summed E-state index contributed by atoms with van der Waals surface area (Å²) in [6.45, 7) is 8.20. The third-order valence-corrected chi connectivity index (χ3v) is 2.99. The maximum atomic E-state index is 11.8. The summed E-state index contributed by atoms with van der Waals surface area (Å²) in [5, 5.41) is 15.2. The van der Waals surface area contributed by atoms with Gasteiger partial charge in [0.2, 0.25) is 0 Å². The van der Waals surface area contributed by atoms with E-state index in [1.165, 1.54) is 0 Å². The first-order valence-corrected chi connectivity index (χ1v) is 7.38. The first kappa shape index (κ1) is 17.3. The van der Waals surface area contributed by atoms with E-state index in [-0.39, 0.29) is 18.1 Å². The minimum absolute atomic E-state index is 0.0391. The van der Waals surface area contributed by atoms with Gasteiger partial charge in [-0.05, 0) is 38.3 Å². The third-order valence-electron chi connectivity index (χ3n) is 2.99. The Balaban J connectivity index is 2.48. The maximum Gasteiger partial charge on any atom is 0.319 e. The van der Waals surface area contributed by atoms with E-state index >= 15 is 0 Å². The molecule has 3 N–H and O–H groups in total. The Morgan fingerprint density at radius 1 is 1.24 bits per heavy atom. The molecule has 0 bridgehead atoms. The highest BCUT2D eigenvalue weighted by Crippen LogP contribution is 2.24. The zero-order valence-corrected chi connectivity index (χ0v) is 13.2. The number of hydrogen-bond acceptors (Lipinski definition) is 3. The number of anilines is 1. The van der Waals surface area contributed by atoms with Crippen molar-refractivity contribution in [3.05, 3.63) is 24.3 Å². The fourth-order valence-corrected chi connectivity index (χ4v) is 1.76. The first-order valence-electron chi connectivity index (χ1n) is 7.38. The zero-order valence-electron chi connectivity index (χ0n) is 13.2. The second kappa shape index (κ2) is 8.52. The number of benzene rings is 1. The molecule has 0 aromatic heterocycles. The van der Waals surface area contributed by atoms with Crippen LogP contribution in [0.15, 0.2) is 24.3 Å². The van der Waals surface area contributed by atoms with Gasteiger partial charge in [-0.3, -0.25) is 0 Å². The van der Waals surface area contributed by atoms with Gasteiger partial charge in [-0.15, -0.1) is 0 Å². The molecule has 1 aromatic rings. The Hall–Kier alpha value is -1.75. The topological polar surface area (TPSA) is 70.6 Å². The highest BCUT2D eigenvalue weighted by Gasteiger charge is 2.11. The maximum absolute atomic E-state index is 11.8. The number of aliphatic hydroxyl groups excluding tert-OH is 1. The number of ether oxygens (including phenoxy) is 1. The van der Waals surface area contributed by atoms with E-state index in [0.717, 1.165) is 0 Å². The SMILES string of the molecule is CC(C)Oc1ccccc1NC(=O)NCCC(O)C(C)C. The van der Waals surface area contributed by atoms with Gasteiger partial charge in [-0.25, -0.2) is 4.79 Å². The summed E-state index contributed by atoms with van der Waals surface area (Å²) in [7, 11) is 0. The molecule has 2 amide bonds. The molecule has 5 heteroatoms. The van der Waals surface area contributed by atoms with Crippen LogP contribution in [0, 0.1) is 5.92 Å². The van der Waals surface area contributed by atoms with Crippen LogP contribution in [0.2, 0.25) is 0 Å². The van der Waals surface area contributed by atoms with Crippen LogP contribution >= 0.6 is 0 Å². The van der Waals surface area contributed by atoms with Crippen molar-refractivity contribution in [3.8, 4) is 5.75 Å². The minimum Gasteiger partial charge on any atom is -0.489 e. The van der Waals surface area contributed by atoms with Gasteiger partial charge in [0.15, 0.2) is 0 Å². The van der Waals surface area contributed by atoms with Gasteiger partial charge in [0.1, 0.15) is 5.75 Å². The second-order valence-corrected chi connectivity index (χ2v) is 5.64. The average Bonchev–Trinajstić information content (AvgIpc) is 2.40. The fourth-order valence-electron chi connectivity index (χ4n) is 1.76. The summed E-state index contributed by atoms with van der Waals surface area (Å²) in [4.78, 5) is 11.8. The Morgan fingerprint density at radius 2 is 1.90 bits per heavy atom. The van der Waals surface area contributed by atoms with E-state index < -0.39 is 6.10 Å². The fraction of sp³-hybridized carbons (Fsp3) is 0.562. The van der Waals surface area contributed by atoms with E-state index in [1.807, 2.05) is 45.9 Å². The molecule has 5 nitrogen and oxygen atoms in total. The van der Waals surface area contributed by atoms with E-state index in [0.29, 0.717) is 24.4 Å². The quantitative estimate of drug-likeness (QED) is 0.724. The number of para-hydroxylation sites is 2. The standard InChI is InChI=1S/C16H26N2O3/c1-11(2)14(19)9-10-17-16(20)18-13-7-5-6-8-15(13)21-12(3)4/h5-8,11-12,14,19H,9-10H2,1-4H3,(H2,17,18,20). The van der Waals surface area contributed by atoms with E-state index in [1.54, 1.807) is 6.07 Å². The van der Waals surface area contributed by atoms with Gasteiger partial charge in [0, 0.05) is 6.54 Å². The number of amides is 2. The predicted molar refractivity (Wildman–Crippen MR) is 84.7 cm³/mol. The van der Waals surface area contributed by atoms with Gasteiger partial charge in [-0.2, -0.15) is 0 Å². The van der Waals surface area contributed by atoms with Crippen molar-refractivity contribution in [3.63, 3.8) is 0 Å². The number of nitrogens with one attached hydrogen (secondary N) is 2. The summed E-state index contributed by atoms with van der Waals surface area (Å²) >= 11 is 0. The van der Waals surface area contributed by atoms with Crippen molar-refractivity contribution in [2.24, 2.45) is 5.92 Å². The minimum atomic E-state index is -0.401. The van der Waals surface area contributed by atoms with Gasteiger partial charge in [-0.1, -0.05) is 26.0 Å². The van der Waals surface area contributed by atoms with Crippen molar-refractivity contribution < 1.29 is 14.6 Å². The van der Waals surface area contributed by atoms with Gasteiger partial charge >= 0.3 is 6.03 Å². The number of carbonyl (C=O) groups excluding carboxylic acids is 1. The van der Waals surface area contributed by atoms with Crippen LogP contribution in [0.4, 0.5) is 10.5 Å². The number of carbonyl (C=O) groups is 1. The molecule has 118 valence electrons. The summed E-state index contributed by atoms with van der Waals surface area (Å²) < 4.78 is 5.64. The van der Waals surface area contributed by atoms with Gasteiger partial charge in [0.25, 0.3) is 0 Å². The molecule has 0 radical (unpaired) electrons. The summed E-state index contributed by atoms with van der Waals surface area (Å²) in [5.41, 5.74) is 0.633. The Labute approximate surface area is 126 Å². The predicted octanol–water partition coefficient (Wildman–Crippen LogP) is 3.00. The summed E-state index contributed by atoms with van der Waals surface area (Å²) in [6, 6.07) is 7.01. The molecule has 0 aliphatic rings. The van der Waals surface area contributed by atoms with Crippen LogP contribution in [0.25, 0.3) is 0 Å². The lowest BCUT2D eigenvalue weighted by Gasteiger charge is -2.16. The van der Waals surface area contributed by atoms with Crippen LogP contribution in [-0.2, 0) is 0 Å². The van der Waals surface area contributed by atoms with Crippen LogP contribution in [-0.4, -0.2) is 29.9 Å². The van der Waals surface area contributed by atoms with E-state index in [4.69, 9.17) is 4.74 Å². The van der Waals surface area contributed by atoms with Crippen molar-refractivity contribution in [2.45, 2.75) is 46.3 Å². The third kappa shape index (κ3) is 6.49. The Bertz CT molecular complexity index is 447. The molecule has 1 aromatic carbocycles. The summed E-state index contributed by atoms with van der Waals surface area (Å²) in [6.07, 6.45) is 0.175. The van der Waals surface area contributed by atoms with Gasteiger partial charge in [0.05, 0.1) is 17.9 Å². The normalized spacial score (nSPS) is 12.3. The largest absolute Gasteiger partial charge is 0.489 e. The molecule has 0 aliphatic heterocycles. The van der Waals surface area contributed by atoms with Crippen LogP contribution in [0.5, 0.6) is 5.75 Å². The highest BCUT2D eigenvalue weighted by atomic mass is 16.5. The number of aliphatic hydroxyl groups is 1. The molecule has 0 saturated carbocycles. The van der Waals surface area contributed by atoms with Crippen LogP contribution in [0.3, 0.4) is 0 Å². The lowest BCUT2D eigenvalue weighted by Crippen LogP contribution is -2.32. The molecule has 0 heterocycles. The smallest absolute Gasteiger partial charge is 0.319 e. The first-order chi connectivity index (χ1) is 9.90. The molecule has 0 spiro atoms.